The highest BCUT2D eigenvalue weighted by atomic mass is 16.1. The van der Waals surface area contributed by atoms with Crippen molar-refractivity contribution in [3.63, 3.8) is 0 Å². The molecule has 2 N–H and O–H groups in total. The summed E-state index contributed by atoms with van der Waals surface area (Å²) in [4.78, 5) is 13.7. The van der Waals surface area contributed by atoms with Crippen molar-refractivity contribution in [2.24, 2.45) is 11.7 Å². The van der Waals surface area contributed by atoms with E-state index in [1.54, 1.807) is 0 Å². The fraction of sp³-hybridized carbons (Fsp3) is 0.958. The summed E-state index contributed by atoms with van der Waals surface area (Å²) in [5.74, 6) is 0.0316. The Kier molecular flexibility index (Phi) is 15.9. The van der Waals surface area contributed by atoms with Crippen molar-refractivity contribution in [2.75, 3.05) is 19.6 Å². The van der Waals surface area contributed by atoms with Crippen LogP contribution in [-0.2, 0) is 4.79 Å². The Morgan fingerprint density at radius 2 is 1.07 bits per heavy atom. The summed E-state index contributed by atoms with van der Waals surface area (Å²) in [7, 11) is 0. The molecular weight excluding hydrogens is 332 g/mol. The molecule has 1 rings (SSSR count). The summed E-state index contributed by atoms with van der Waals surface area (Å²) in [6, 6.07) is 0. The zero-order valence-electron chi connectivity index (χ0n) is 18.4. The lowest BCUT2D eigenvalue weighted by Gasteiger charge is -2.30. The minimum absolute atomic E-state index is 0.0999. The number of nitrogens with two attached hydrogens (primary N) is 1. The fourth-order valence-corrected chi connectivity index (χ4v) is 4.32. The molecule has 0 unspecified atom stereocenters. The Labute approximate surface area is 169 Å². The molecule has 3 heteroatoms. The Morgan fingerprint density at radius 3 is 1.44 bits per heavy atom. The van der Waals surface area contributed by atoms with Crippen molar-refractivity contribution in [1.82, 2.24) is 4.90 Å². The molecular formula is C24H48N2O. The number of hydrogen-bond donors (Lipinski definition) is 1. The van der Waals surface area contributed by atoms with Gasteiger partial charge in [0, 0.05) is 5.92 Å². The highest BCUT2D eigenvalue weighted by Crippen LogP contribution is 2.18. The van der Waals surface area contributed by atoms with Crippen LogP contribution in [0.4, 0.5) is 0 Å². The standard InChI is InChI=1S/C24H48N2O/c1-2-3-4-5-6-7-8-9-10-11-12-13-14-15-16-17-20-26-21-18-23(19-22-26)24(25)27/h23H,2-22H2,1H3,(H2,25,27). The molecule has 0 aromatic heterocycles. The summed E-state index contributed by atoms with van der Waals surface area (Å²) in [6.45, 7) is 5.63. The molecule has 0 aromatic rings. The number of hydrogen-bond acceptors (Lipinski definition) is 2. The van der Waals surface area contributed by atoms with Crippen molar-refractivity contribution in [3.05, 3.63) is 0 Å². The van der Waals surface area contributed by atoms with Crippen molar-refractivity contribution in [2.45, 2.75) is 122 Å². The van der Waals surface area contributed by atoms with Gasteiger partial charge < -0.3 is 10.6 Å². The van der Waals surface area contributed by atoms with Crippen molar-refractivity contribution < 1.29 is 4.79 Å². The second-order valence-electron chi connectivity index (χ2n) is 8.82. The number of piperidine rings is 1. The van der Waals surface area contributed by atoms with Crippen molar-refractivity contribution >= 4 is 5.91 Å². The lowest BCUT2D eigenvalue weighted by molar-refractivity contribution is -0.123. The lowest BCUT2D eigenvalue weighted by atomic mass is 9.96. The molecule has 1 heterocycles. The lowest BCUT2D eigenvalue weighted by Crippen LogP contribution is -2.38. The molecule has 0 atom stereocenters. The third kappa shape index (κ3) is 14.1. The van der Waals surface area contributed by atoms with Crippen LogP contribution in [0.2, 0.25) is 0 Å². The van der Waals surface area contributed by atoms with Gasteiger partial charge in [0.1, 0.15) is 0 Å². The molecule has 1 saturated heterocycles. The number of primary amides is 1. The Balaban J connectivity index is 1.73. The van der Waals surface area contributed by atoms with Crippen LogP contribution in [0, 0.1) is 5.92 Å². The van der Waals surface area contributed by atoms with E-state index in [4.69, 9.17) is 5.73 Å². The fourth-order valence-electron chi connectivity index (χ4n) is 4.32. The maximum Gasteiger partial charge on any atom is 0.220 e. The molecule has 1 amide bonds. The topological polar surface area (TPSA) is 46.3 Å². The van der Waals surface area contributed by atoms with Gasteiger partial charge in [-0.3, -0.25) is 4.79 Å². The maximum atomic E-state index is 11.2. The number of nitrogens with zero attached hydrogens (tertiary/aromatic N) is 1. The van der Waals surface area contributed by atoms with E-state index in [-0.39, 0.29) is 11.8 Å². The molecule has 0 saturated carbocycles. The summed E-state index contributed by atoms with van der Waals surface area (Å²) in [5, 5.41) is 0. The van der Waals surface area contributed by atoms with Crippen molar-refractivity contribution in [3.8, 4) is 0 Å². The van der Waals surface area contributed by atoms with Gasteiger partial charge >= 0.3 is 0 Å². The van der Waals surface area contributed by atoms with E-state index in [2.05, 4.69) is 11.8 Å². The van der Waals surface area contributed by atoms with Crippen LogP contribution >= 0.6 is 0 Å². The molecule has 0 aromatic carbocycles. The predicted molar refractivity (Wildman–Crippen MR) is 118 cm³/mol. The molecule has 0 aliphatic carbocycles. The van der Waals surface area contributed by atoms with Crippen LogP contribution in [-0.4, -0.2) is 30.4 Å². The normalized spacial score (nSPS) is 16.0. The van der Waals surface area contributed by atoms with Crippen LogP contribution in [0.5, 0.6) is 0 Å². The summed E-state index contributed by atoms with van der Waals surface area (Å²) in [6.07, 6.45) is 24.7. The smallest absolute Gasteiger partial charge is 0.220 e. The number of rotatable bonds is 18. The van der Waals surface area contributed by atoms with E-state index in [1.807, 2.05) is 0 Å². The first-order valence-corrected chi connectivity index (χ1v) is 12.3. The van der Waals surface area contributed by atoms with E-state index < -0.39 is 0 Å². The Bertz CT molecular complexity index is 337. The molecule has 1 fully saturated rings. The van der Waals surface area contributed by atoms with Gasteiger partial charge in [0.2, 0.25) is 5.91 Å². The van der Waals surface area contributed by atoms with Crippen LogP contribution in [0.3, 0.4) is 0 Å². The van der Waals surface area contributed by atoms with Crippen LogP contribution in [0.25, 0.3) is 0 Å². The first kappa shape index (κ1) is 24.5. The molecule has 0 spiro atoms. The van der Waals surface area contributed by atoms with Gasteiger partial charge in [0.25, 0.3) is 0 Å². The van der Waals surface area contributed by atoms with E-state index in [0.717, 1.165) is 25.9 Å². The van der Waals surface area contributed by atoms with Gasteiger partial charge in [-0.25, -0.2) is 0 Å². The number of unbranched alkanes of at least 4 members (excludes halogenated alkanes) is 15. The summed E-state index contributed by atoms with van der Waals surface area (Å²) < 4.78 is 0. The summed E-state index contributed by atoms with van der Waals surface area (Å²) in [5.41, 5.74) is 5.40. The monoisotopic (exact) mass is 380 g/mol. The van der Waals surface area contributed by atoms with Crippen LogP contribution in [0.1, 0.15) is 122 Å². The van der Waals surface area contributed by atoms with Gasteiger partial charge in [0.15, 0.2) is 0 Å². The van der Waals surface area contributed by atoms with E-state index >= 15 is 0 Å². The molecule has 0 bridgehead atoms. The first-order chi connectivity index (χ1) is 13.2. The highest BCUT2D eigenvalue weighted by Gasteiger charge is 2.22. The zero-order valence-corrected chi connectivity index (χ0v) is 18.4. The minimum Gasteiger partial charge on any atom is -0.369 e. The molecule has 1 aliphatic heterocycles. The van der Waals surface area contributed by atoms with Gasteiger partial charge in [-0.2, -0.15) is 0 Å². The maximum absolute atomic E-state index is 11.2. The van der Waals surface area contributed by atoms with Gasteiger partial charge in [-0.1, -0.05) is 103 Å². The largest absolute Gasteiger partial charge is 0.369 e. The van der Waals surface area contributed by atoms with E-state index in [0.29, 0.717) is 0 Å². The minimum atomic E-state index is -0.0999. The highest BCUT2D eigenvalue weighted by molar-refractivity contribution is 5.76. The number of carbonyl (C=O) groups excluding carboxylic acids is 1. The van der Waals surface area contributed by atoms with Crippen LogP contribution in [0.15, 0.2) is 0 Å². The average Bonchev–Trinajstić information content (AvgIpc) is 2.68. The summed E-state index contributed by atoms with van der Waals surface area (Å²) >= 11 is 0. The van der Waals surface area contributed by atoms with Gasteiger partial charge in [-0.05, 0) is 38.9 Å². The third-order valence-corrected chi connectivity index (χ3v) is 6.32. The zero-order chi connectivity index (χ0) is 19.6. The first-order valence-electron chi connectivity index (χ1n) is 12.3. The van der Waals surface area contributed by atoms with Gasteiger partial charge in [-0.15, -0.1) is 0 Å². The molecule has 1 aliphatic rings. The number of carbonyl (C=O) groups is 1. The van der Waals surface area contributed by atoms with E-state index in [9.17, 15) is 4.79 Å². The number of likely N-dealkylation sites (tertiary alicyclic amines) is 1. The molecule has 160 valence electrons. The predicted octanol–water partition coefficient (Wildman–Crippen LogP) is 6.45. The van der Waals surface area contributed by atoms with Gasteiger partial charge in [0.05, 0.1) is 0 Å². The third-order valence-electron chi connectivity index (χ3n) is 6.32. The molecule has 0 radical (unpaired) electrons. The number of amides is 1. The van der Waals surface area contributed by atoms with Crippen LogP contribution < -0.4 is 5.73 Å². The second kappa shape index (κ2) is 17.5. The molecule has 3 nitrogen and oxygen atoms in total. The van der Waals surface area contributed by atoms with Crippen molar-refractivity contribution in [1.29, 1.82) is 0 Å². The Hall–Kier alpha value is -0.570. The molecule has 27 heavy (non-hydrogen) atoms. The average molecular weight is 381 g/mol. The SMILES string of the molecule is CCCCCCCCCCCCCCCCCCN1CCC(C(N)=O)CC1. The second-order valence-corrected chi connectivity index (χ2v) is 8.82. The quantitative estimate of drug-likeness (QED) is 0.278. The Morgan fingerprint density at radius 1 is 0.704 bits per heavy atom. The van der Waals surface area contributed by atoms with E-state index in [1.165, 1.54) is 109 Å².